The number of carbonyl (C=O) groups is 2. The lowest BCUT2D eigenvalue weighted by Gasteiger charge is -2.24. The fraction of sp³-hybridized carbons (Fsp3) is 0.400. The second-order valence-corrected chi connectivity index (χ2v) is 8.53. The number of hydrogen-bond acceptors (Lipinski definition) is 3. The van der Waals surface area contributed by atoms with E-state index < -0.39 is 0 Å². The first-order valence-electron chi connectivity index (χ1n) is 11.0. The van der Waals surface area contributed by atoms with E-state index in [-0.39, 0.29) is 11.8 Å². The van der Waals surface area contributed by atoms with Crippen molar-refractivity contribution in [1.82, 2.24) is 10.6 Å². The highest BCUT2D eigenvalue weighted by atomic mass is 32.1. The summed E-state index contributed by atoms with van der Waals surface area (Å²) >= 11 is 5.46. The Morgan fingerprint density at radius 2 is 1.68 bits per heavy atom. The molecule has 0 saturated heterocycles. The molecule has 0 aliphatic heterocycles. The highest BCUT2D eigenvalue weighted by Crippen LogP contribution is 2.27. The van der Waals surface area contributed by atoms with Gasteiger partial charge in [-0.1, -0.05) is 74.6 Å². The second-order valence-electron chi connectivity index (χ2n) is 8.14. The Hall–Kier alpha value is -2.73. The number of thiocarbonyl (C=S) groups is 1. The van der Waals surface area contributed by atoms with Crippen LogP contribution in [0.2, 0.25) is 0 Å². The van der Waals surface area contributed by atoms with Crippen molar-refractivity contribution >= 4 is 34.8 Å². The first-order valence-corrected chi connectivity index (χ1v) is 11.4. The molecule has 0 atom stereocenters. The Morgan fingerprint density at radius 1 is 1.00 bits per heavy atom. The molecule has 0 bridgehead atoms. The highest BCUT2D eigenvalue weighted by Gasteiger charge is 2.19. The summed E-state index contributed by atoms with van der Waals surface area (Å²) < 4.78 is 0. The topological polar surface area (TPSA) is 61.4 Å². The zero-order valence-electron chi connectivity index (χ0n) is 18.1. The number of benzene rings is 2. The maximum atomic E-state index is 12.8. The third kappa shape index (κ3) is 6.89. The second kappa shape index (κ2) is 11.6. The molecule has 5 nitrogen and oxygen atoms in total. The third-order valence-electron chi connectivity index (χ3n) is 5.86. The Labute approximate surface area is 190 Å². The van der Waals surface area contributed by atoms with Crippen LogP contribution in [0.3, 0.4) is 0 Å². The molecule has 2 aromatic carbocycles. The Kier molecular flexibility index (Phi) is 8.59. The molecule has 1 fully saturated rings. The summed E-state index contributed by atoms with van der Waals surface area (Å²) in [5.41, 5.74) is 2.20. The number of rotatable bonds is 7. The monoisotopic (exact) mass is 437 g/mol. The van der Waals surface area contributed by atoms with Gasteiger partial charge in [-0.2, -0.15) is 0 Å². The molecule has 164 valence electrons. The minimum Gasteiger partial charge on any atom is -0.348 e. The molecular formula is C25H31N3O2S. The molecular weight excluding hydrogens is 406 g/mol. The Morgan fingerprint density at radius 3 is 2.42 bits per heavy atom. The first-order chi connectivity index (χ1) is 15.0. The van der Waals surface area contributed by atoms with Crippen LogP contribution in [0.4, 0.5) is 5.69 Å². The summed E-state index contributed by atoms with van der Waals surface area (Å²) in [6, 6.07) is 17.0. The number of amides is 2. The molecule has 2 amide bonds. The van der Waals surface area contributed by atoms with Crippen molar-refractivity contribution in [2.24, 2.45) is 5.92 Å². The van der Waals surface area contributed by atoms with Crippen LogP contribution in [0, 0.1) is 5.92 Å². The number of hydrogen-bond donors (Lipinski definition) is 2. The summed E-state index contributed by atoms with van der Waals surface area (Å²) in [6.07, 6.45) is 7.71. The maximum absolute atomic E-state index is 12.8. The van der Waals surface area contributed by atoms with Crippen molar-refractivity contribution in [3.63, 3.8) is 0 Å². The predicted molar refractivity (Wildman–Crippen MR) is 129 cm³/mol. The van der Waals surface area contributed by atoms with Gasteiger partial charge in [0.05, 0.1) is 11.3 Å². The zero-order valence-corrected chi connectivity index (χ0v) is 18.9. The minimum absolute atomic E-state index is 0.0616. The van der Waals surface area contributed by atoms with Crippen LogP contribution in [0.15, 0.2) is 54.6 Å². The van der Waals surface area contributed by atoms with E-state index in [0.29, 0.717) is 35.2 Å². The average molecular weight is 438 g/mol. The van der Waals surface area contributed by atoms with E-state index in [9.17, 15) is 9.59 Å². The zero-order chi connectivity index (χ0) is 22.1. The highest BCUT2D eigenvalue weighted by molar-refractivity contribution is 7.80. The van der Waals surface area contributed by atoms with Crippen molar-refractivity contribution < 1.29 is 9.59 Å². The van der Waals surface area contributed by atoms with Crippen molar-refractivity contribution in [2.75, 3.05) is 11.9 Å². The van der Waals surface area contributed by atoms with Gasteiger partial charge >= 0.3 is 0 Å². The Bertz CT molecular complexity index is 895. The van der Waals surface area contributed by atoms with Crippen LogP contribution in [0.1, 0.15) is 60.9 Å². The Balaban J connectivity index is 1.56. The fourth-order valence-electron chi connectivity index (χ4n) is 4.02. The van der Waals surface area contributed by atoms with E-state index in [1.54, 1.807) is 18.0 Å². The number of nitrogens with one attached hydrogen (secondary N) is 2. The molecule has 1 aliphatic carbocycles. The molecule has 0 spiro atoms. The number of nitrogens with zero attached hydrogens (tertiary/aromatic N) is 1. The molecule has 0 heterocycles. The fourth-order valence-corrected chi connectivity index (χ4v) is 4.23. The van der Waals surface area contributed by atoms with Gasteiger partial charge in [0.15, 0.2) is 5.11 Å². The summed E-state index contributed by atoms with van der Waals surface area (Å²) in [4.78, 5) is 26.9. The standard InChI is InChI=1S/C25H31N3O2S/c1-28(25(31)27-23(29)17-16-19-10-4-2-5-11-19)22-15-9-8-14-21(22)24(30)26-18-20-12-6-3-7-13-20/h3,6-9,12-15,19H,2,4-5,10-11,16-18H2,1H3,(H,26,30)(H,27,29,31). The summed E-state index contributed by atoms with van der Waals surface area (Å²) in [6.45, 7) is 0.445. The van der Waals surface area contributed by atoms with E-state index in [1.165, 1.54) is 32.1 Å². The quantitative estimate of drug-likeness (QED) is 0.610. The molecule has 0 unspecified atom stereocenters. The van der Waals surface area contributed by atoms with E-state index in [4.69, 9.17) is 12.2 Å². The van der Waals surface area contributed by atoms with E-state index in [2.05, 4.69) is 10.6 Å². The van der Waals surface area contributed by atoms with Gasteiger partial charge in [-0.3, -0.25) is 9.59 Å². The lowest BCUT2D eigenvalue weighted by Crippen LogP contribution is -2.41. The molecule has 31 heavy (non-hydrogen) atoms. The minimum atomic E-state index is -0.183. The number of carbonyl (C=O) groups excluding carboxylic acids is 2. The molecule has 2 aromatic rings. The van der Waals surface area contributed by atoms with Gasteiger partial charge in [0.1, 0.15) is 0 Å². The van der Waals surface area contributed by atoms with Crippen LogP contribution in [-0.4, -0.2) is 24.0 Å². The van der Waals surface area contributed by atoms with Crippen LogP contribution >= 0.6 is 12.2 Å². The smallest absolute Gasteiger partial charge is 0.253 e. The van der Waals surface area contributed by atoms with Crippen LogP contribution in [0.25, 0.3) is 0 Å². The average Bonchev–Trinajstić information content (AvgIpc) is 2.82. The van der Waals surface area contributed by atoms with Crippen molar-refractivity contribution in [3.8, 4) is 0 Å². The predicted octanol–water partition coefficient (Wildman–Crippen LogP) is 4.81. The summed E-state index contributed by atoms with van der Waals surface area (Å²) in [5, 5.41) is 6.08. The van der Waals surface area contributed by atoms with Gasteiger partial charge in [-0.15, -0.1) is 0 Å². The summed E-state index contributed by atoms with van der Waals surface area (Å²) in [5.74, 6) is 0.408. The molecule has 2 N–H and O–H groups in total. The van der Waals surface area contributed by atoms with Crippen molar-refractivity contribution in [1.29, 1.82) is 0 Å². The molecule has 0 aromatic heterocycles. The molecule has 1 aliphatic rings. The first kappa shape index (κ1) is 22.9. The van der Waals surface area contributed by atoms with Crippen molar-refractivity contribution in [3.05, 3.63) is 65.7 Å². The third-order valence-corrected chi connectivity index (χ3v) is 6.24. The van der Waals surface area contributed by atoms with E-state index in [0.717, 1.165) is 12.0 Å². The van der Waals surface area contributed by atoms with Crippen LogP contribution < -0.4 is 15.5 Å². The molecule has 1 saturated carbocycles. The van der Waals surface area contributed by atoms with E-state index >= 15 is 0 Å². The van der Waals surface area contributed by atoms with E-state index in [1.807, 2.05) is 48.5 Å². The lowest BCUT2D eigenvalue weighted by atomic mass is 9.86. The van der Waals surface area contributed by atoms with Crippen molar-refractivity contribution in [2.45, 2.75) is 51.5 Å². The van der Waals surface area contributed by atoms with Gasteiger partial charge in [-0.05, 0) is 42.3 Å². The number of para-hydroxylation sites is 1. The largest absolute Gasteiger partial charge is 0.348 e. The van der Waals surface area contributed by atoms with Crippen LogP contribution in [0.5, 0.6) is 0 Å². The number of anilines is 1. The van der Waals surface area contributed by atoms with Gasteiger partial charge < -0.3 is 15.5 Å². The maximum Gasteiger partial charge on any atom is 0.253 e. The summed E-state index contributed by atoms with van der Waals surface area (Å²) in [7, 11) is 1.77. The van der Waals surface area contributed by atoms with Gasteiger partial charge in [-0.25, -0.2) is 0 Å². The molecule has 6 heteroatoms. The lowest BCUT2D eigenvalue weighted by molar-refractivity contribution is -0.120. The molecule has 0 radical (unpaired) electrons. The van der Waals surface area contributed by atoms with Gasteiger partial charge in [0.25, 0.3) is 5.91 Å². The van der Waals surface area contributed by atoms with Gasteiger partial charge in [0.2, 0.25) is 5.91 Å². The SMILES string of the molecule is CN(C(=S)NC(=O)CCC1CCCCC1)c1ccccc1C(=O)NCc1ccccc1. The molecule has 3 rings (SSSR count). The normalized spacial score (nSPS) is 14.0. The van der Waals surface area contributed by atoms with Gasteiger partial charge in [0, 0.05) is 20.0 Å². The van der Waals surface area contributed by atoms with Crippen LogP contribution in [-0.2, 0) is 11.3 Å².